The molecule has 0 unspecified atom stereocenters. The quantitative estimate of drug-likeness (QED) is 0.187. The molecule has 0 bridgehead atoms. The summed E-state index contributed by atoms with van der Waals surface area (Å²) >= 11 is 0. The Balaban J connectivity index is 1.13. The van der Waals surface area contributed by atoms with Crippen molar-refractivity contribution in [3.05, 3.63) is 164 Å². The topological polar surface area (TPSA) is 23.0 Å². The Kier molecular flexibility index (Phi) is 8.69. The average molecular weight is 796 g/mol. The number of hydrogen-bond donors (Lipinski definition) is 0. The van der Waals surface area contributed by atoms with E-state index in [0.717, 1.165) is 82.9 Å². The Hall–Kier alpha value is -7.17. The summed E-state index contributed by atoms with van der Waals surface area (Å²) in [6, 6.07) is 55.9. The van der Waals surface area contributed by atoms with Crippen LogP contribution in [0.4, 0.5) is 0 Å². The maximum absolute atomic E-state index is 7.39. The minimum atomic E-state index is 0.170. The van der Waals surface area contributed by atoms with Gasteiger partial charge in [0.05, 0.1) is 11.0 Å². The largest absolute Gasteiger partial charge is 0.456 e. The summed E-state index contributed by atoms with van der Waals surface area (Å²) in [5.41, 5.74) is 14.0. The molecule has 64 heavy (non-hydrogen) atoms. The van der Waals surface area contributed by atoms with Crippen LogP contribution in [0, 0.1) is 0 Å². The number of aromatic nitrogens is 2. The van der Waals surface area contributed by atoms with Gasteiger partial charge >= 0.3 is 0 Å². The summed E-state index contributed by atoms with van der Waals surface area (Å²) < 4.78 is 10.7. The third kappa shape index (κ3) is 5.51. The molecule has 3 aromatic heterocycles. The molecular formula is C54H27B7N2O. The highest BCUT2D eigenvalue weighted by Crippen LogP contribution is 2.41. The molecule has 12 aromatic rings. The number of fused-ring (bicyclic) bond motifs is 9. The number of rotatable bonds is 5. The van der Waals surface area contributed by atoms with Crippen molar-refractivity contribution < 1.29 is 4.42 Å². The molecular weight excluding hydrogens is 768 g/mol. The van der Waals surface area contributed by atoms with Crippen LogP contribution in [-0.4, -0.2) is 64.1 Å². The van der Waals surface area contributed by atoms with E-state index in [-0.39, 0.29) is 21.9 Å². The first-order chi connectivity index (χ1) is 31.2. The number of para-hydroxylation sites is 2. The molecule has 12 rings (SSSR count). The van der Waals surface area contributed by atoms with Gasteiger partial charge in [-0.3, -0.25) is 0 Å². The summed E-state index contributed by atoms with van der Waals surface area (Å²) in [6.45, 7) is 0. The number of furan rings is 1. The predicted octanol–water partition coefficient (Wildman–Crippen LogP) is 6.34. The van der Waals surface area contributed by atoms with Crippen LogP contribution in [0.1, 0.15) is 0 Å². The predicted molar refractivity (Wildman–Crippen MR) is 276 cm³/mol. The fraction of sp³-hybridized carbons (Fsp3) is 0. The molecule has 0 aliphatic rings. The van der Waals surface area contributed by atoms with E-state index >= 15 is 0 Å². The third-order valence-electron chi connectivity index (χ3n) is 12.9. The molecule has 0 aliphatic heterocycles. The van der Waals surface area contributed by atoms with Crippen LogP contribution in [0.2, 0.25) is 0 Å². The van der Waals surface area contributed by atoms with E-state index in [2.05, 4.69) is 95.6 Å². The van der Waals surface area contributed by atoms with Gasteiger partial charge in [0.25, 0.3) is 0 Å². The molecule has 3 nitrogen and oxygen atoms in total. The summed E-state index contributed by atoms with van der Waals surface area (Å²) in [7, 11) is 48.6. The molecule has 9 aromatic carbocycles. The van der Waals surface area contributed by atoms with Gasteiger partial charge in [0.2, 0.25) is 0 Å². The molecule has 0 aliphatic carbocycles. The van der Waals surface area contributed by atoms with Crippen LogP contribution in [-0.2, 0) is 0 Å². The molecule has 14 radical (unpaired) electrons. The second-order valence-corrected chi connectivity index (χ2v) is 16.4. The zero-order valence-corrected chi connectivity index (χ0v) is 34.4. The summed E-state index contributed by atoms with van der Waals surface area (Å²) in [5, 5.41) is 5.30. The Morgan fingerprint density at radius 2 is 0.906 bits per heavy atom. The number of hydrogen-bond acceptors (Lipinski definition) is 1. The minimum Gasteiger partial charge on any atom is -0.456 e. The van der Waals surface area contributed by atoms with Crippen LogP contribution < -0.4 is 38.2 Å². The maximum Gasteiger partial charge on any atom is 0.137 e. The van der Waals surface area contributed by atoms with E-state index in [1.807, 2.05) is 77.4 Å². The maximum atomic E-state index is 7.39. The van der Waals surface area contributed by atoms with E-state index in [9.17, 15) is 0 Å². The van der Waals surface area contributed by atoms with Crippen molar-refractivity contribution in [1.82, 2.24) is 9.13 Å². The highest BCUT2D eigenvalue weighted by Gasteiger charge is 2.25. The Labute approximate surface area is 379 Å². The lowest BCUT2D eigenvalue weighted by atomic mass is 9.64. The normalized spacial score (nSPS) is 11.9. The first-order valence-electron chi connectivity index (χ1n) is 21.0. The summed E-state index contributed by atoms with van der Waals surface area (Å²) in [6.07, 6.45) is 0. The standard InChI is InChI=1S/C54H27B7N2O/c55-45-42(46(56)50(60)53-43(45)44-47(57)48(58)49(59)51(61)54(44)63(53)32-21-18-29(19-22-32)28-10-3-1-4-11-28)31-20-25-39-38(26-31)37-16-9-15-34(30-12-5-2-6-13-30)52(37)62(39)33-23-24-36-35-14-7-8-17-40(35)64-41(36)27-33/h1-27H. The van der Waals surface area contributed by atoms with Gasteiger partial charge in [-0.2, -0.15) is 0 Å². The minimum absolute atomic E-state index is 0.170. The van der Waals surface area contributed by atoms with E-state index < -0.39 is 0 Å². The summed E-state index contributed by atoms with van der Waals surface area (Å²) in [5.74, 6) is 0. The molecule has 0 spiro atoms. The van der Waals surface area contributed by atoms with Crippen molar-refractivity contribution in [3.8, 4) is 44.8 Å². The monoisotopic (exact) mass is 796 g/mol. The zero-order valence-electron chi connectivity index (χ0n) is 34.4. The first-order valence-corrected chi connectivity index (χ1v) is 21.0. The Morgan fingerprint density at radius 1 is 0.328 bits per heavy atom. The van der Waals surface area contributed by atoms with Crippen molar-refractivity contribution in [2.75, 3.05) is 0 Å². The Morgan fingerprint density at radius 3 is 1.66 bits per heavy atom. The molecule has 3 heterocycles. The number of benzene rings is 9. The van der Waals surface area contributed by atoms with Gasteiger partial charge in [-0.25, -0.2) is 0 Å². The lowest BCUT2D eigenvalue weighted by molar-refractivity contribution is 0.668. The molecule has 0 atom stereocenters. The second kappa shape index (κ2) is 14.4. The van der Waals surface area contributed by atoms with E-state index in [1.54, 1.807) is 0 Å². The van der Waals surface area contributed by atoms with E-state index in [4.69, 9.17) is 59.3 Å². The first kappa shape index (κ1) is 38.5. The van der Waals surface area contributed by atoms with E-state index in [0.29, 0.717) is 43.8 Å². The van der Waals surface area contributed by atoms with Crippen LogP contribution in [0.5, 0.6) is 0 Å². The van der Waals surface area contributed by atoms with Crippen molar-refractivity contribution in [2.24, 2.45) is 0 Å². The van der Waals surface area contributed by atoms with Crippen molar-refractivity contribution >= 4 is 159 Å². The fourth-order valence-electron chi connectivity index (χ4n) is 9.89. The third-order valence-corrected chi connectivity index (χ3v) is 12.9. The lowest BCUT2D eigenvalue weighted by Gasteiger charge is -2.19. The van der Waals surface area contributed by atoms with Crippen LogP contribution in [0.15, 0.2) is 168 Å². The SMILES string of the molecule is [B]c1c([B])c([B])c2c(c1[B])c1c([B])c(-c3ccc4c(c3)c3cccc(-c5ccccc5)c3n4-c3ccc4c(c3)oc3ccccc34)c([B])c([B])c1n2-c1ccc(-c2ccccc2)cc1. The van der Waals surface area contributed by atoms with Crippen LogP contribution in [0.25, 0.3) is 110 Å². The molecule has 0 N–H and O–H groups in total. The molecule has 0 saturated heterocycles. The van der Waals surface area contributed by atoms with Gasteiger partial charge in [-0.05, 0) is 75.7 Å². The van der Waals surface area contributed by atoms with Gasteiger partial charge in [0.1, 0.15) is 66.1 Å². The zero-order chi connectivity index (χ0) is 43.5. The highest BCUT2D eigenvalue weighted by atomic mass is 16.3. The van der Waals surface area contributed by atoms with Crippen LogP contribution >= 0.6 is 0 Å². The van der Waals surface area contributed by atoms with E-state index in [1.165, 1.54) is 0 Å². The highest BCUT2D eigenvalue weighted by molar-refractivity contribution is 6.69. The molecule has 10 heteroatoms. The smallest absolute Gasteiger partial charge is 0.137 e. The molecule has 280 valence electrons. The molecule has 0 fully saturated rings. The van der Waals surface area contributed by atoms with Gasteiger partial charge in [-0.1, -0.05) is 143 Å². The van der Waals surface area contributed by atoms with Gasteiger partial charge in [-0.15, -0.1) is 10.9 Å². The number of nitrogens with zero attached hydrogens (tertiary/aromatic N) is 2. The summed E-state index contributed by atoms with van der Waals surface area (Å²) in [4.78, 5) is 0. The van der Waals surface area contributed by atoms with Gasteiger partial charge in [0, 0.05) is 61.0 Å². The lowest BCUT2D eigenvalue weighted by Crippen LogP contribution is -2.48. The van der Waals surface area contributed by atoms with Gasteiger partial charge in [0.15, 0.2) is 0 Å². The van der Waals surface area contributed by atoms with Gasteiger partial charge < -0.3 is 13.6 Å². The van der Waals surface area contributed by atoms with Crippen molar-refractivity contribution in [1.29, 1.82) is 0 Å². The van der Waals surface area contributed by atoms with Crippen LogP contribution in [0.3, 0.4) is 0 Å². The van der Waals surface area contributed by atoms with Crippen molar-refractivity contribution in [3.63, 3.8) is 0 Å². The molecule has 0 amide bonds. The molecule has 0 saturated carbocycles. The fourth-order valence-corrected chi connectivity index (χ4v) is 9.89. The second-order valence-electron chi connectivity index (χ2n) is 16.4. The Bertz CT molecular complexity index is 3910. The van der Waals surface area contributed by atoms with Crippen molar-refractivity contribution in [2.45, 2.75) is 0 Å². The average Bonchev–Trinajstić information content (AvgIpc) is 4.01.